The van der Waals surface area contributed by atoms with Crippen LogP contribution < -0.4 is 10.6 Å². The molecule has 1 saturated heterocycles. The summed E-state index contributed by atoms with van der Waals surface area (Å²) in [5.74, 6) is 1.13. The minimum atomic E-state index is 0.858. The summed E-state index contributed by atoms with van der Waals surface area (Å²) >= 11 is 0. The van der Waals surface area contributed by atoms with E-state index in [1.165, 1.54) is 12.8 Å². The van der Waals surface area contributed by atoms with Crippen LogP contribution in [0, 0.1) is 6.92 Å². The largest absolute Gasteiger partial charge is 0.394 e. The Morgan fingerprint density at radius 1 is 1.22 bits per heavy atom. The Balaban J connectivity index is 1.75. The van der Waals surface area contributed by atoms with Crippen molar-refractivity contribution in [2.75, 3.05) is 36.8 Å². The Morgan fingerprint density at radius 2 is 1.89 bits per heavy atom. The molecule has 0 aromatic carbocycles. The van der Waals surface area contributed by atoms with Crippen LogP contribution in [0.5, 0.6) is 0 Å². The van der Waals surface area contributed by atoms with Gasteiger partial charge in [-0.05, 0) is 26.7 Å². The molecule has 2 N–H and O–H groups in total. The van der Waals surface area contributed by atoms with Crippen LogP contribution in [-0.2, 0) is 6.54 Å². The maximum absolute atomic E-state index is 6.18. The molecule has 3 rings (SSSR count). The Morgan fingerprint density at radius 3 is 2.44 bits per heavy atom. The summed E-state index contributed by atoms with van der Waals surface area (Å²) in [6, 6.07) is 0.877. The zero-order valence-corrected chi connectivity index (χ0v) is 11.4. The van der Waals surface area contributed by atoms with E-state index in [4.69, 9.17) is 5.73 Å². The molecule has 1 aliphatic heterocycles. The number of rotatable bonds is 3. The van der Waals surface area contributed by atoms with Crippen molar-refractivity contribution in [2.45, 2.75) is 39.3 Å². The predicted molar refractivity (Wildman–Crippen MR) is 73.9 cm³/mol. The lowest BCUT2D eigenvalue weighted by molar-refractivity contribution is 0.247. The molecule has 1 aromatic heterocycles. The van der Waals surface area contributed by atoms with E-state index >= 15 is 0 Å². The van der Waals surface area contributed by atoms with Gasteiger partial charge in [-0.1, -0.05) is 0 Å². The fraction of sp³-hybridized carbons (Fsp3) is 0.769. The molecule has 0 amide bonds. The number of nitrogen functional groups attached to an aromatic ring is 1. The van der Waals surface area contributed by atoms with Gasteiger partial charge in [0.2, 0.25) is 0 Å². The molecule has 2 heterocycles. The highest BCUT2D eigenvalue weighted by Crippen LogP contribution is 2.31. The highest BCUT2D eigenvalue weighted by molar-refractivity contribution is 5.66. The molecule has 18 heavy (non-hydrogen) atoms. The van der Waals surface area contributed by atoms with Gasteiger partial charge in [0, 0.05) is 38.8 Å². The summed E-state index contributed by atoms with van der Waals surface area (Å²) in [6.45, 7) is 9.48. The van der Waals surface area contributed by atoms with Gasteiger partial charge in [-0.3, -0.25) is 4.90 Å². The third kappa shape index (κ3) is 1.96. The van der Waals surface area contributed by atoms with Gasteiger partial charge in [0.25, 0.3) is 0 Å². The van der Waals surface area contributed by atoms with E-state index in [9.17, 15) is 0 Å². The highest BCUT2D eigenvalue weighted by atomic mass is 15.4. The molecular weight excluding hydrogens is 226 g/mol. The van der Waals surface area contributed by atoms with E-state index < -0.39 is 0 Å². The van der Waals surface area contributed by atoms with Gasteiger partial charge in [0.15, 0.2) is 5.82 Å². The molecular formula is C13H23N5. The average Bonchev–Trinajstić information content (AvgIpc) is 3.18. The molecule has 1 aromatic rings. The van der Waals surface area contributed by atoms with E-state index in [0.717, 1.165) is 56.0 Å². The fourth-order valence-corrected chi connectivity index (χ4v) is 2.88. The molecule has 0 atom stereocenters. The lowest BCUT2D eigenvalue weighted by Gasteiger charge is -2.36. The van der Waals surface area contributed by atoms with Crippen molar-refractivity contribution < 1.29 is 0 Å². The number of aromatic nitrogens is 2. The van der Waals surface area contributed by atoms with Crippen LogP contribution in [0.25, 0.3) is 0 Å². The highest BCUT2D eigenvalue weighted by Gasteiger charge is 2.32. The second-order valence-corrected chi connectivity index (χ2v) is 5.39. The van der Waals surface area contributed by atoms with Crippen LogP contribution in [0.3, 0.4) is 0 Å². The molecule has 0 unspecified atom stereocenters. The summed E-state index contributed by atoms with van der Waals surface area (Å²) in [5.41, 5.74) is 7.99. The van der Waals surface area contributed by atoms with Crippen molar-refractivity contribution in [2.24, 2.45) is 0 Å². The monoisotopic (exact) mass is 249 g/mol. The lowest BCUT2D eigenvalue weighted by Crippen LogP contribution is -2.48. The van der Waals surface area contributed by atoms with Gasteiger partial charge in [0.1, 0.15) is 0 Å². The van der Waals surface area contributed by atoms with Crippen molar-refractivity contribution >= 4 is 11.5 Å². The van der Waals surface area contributed by atoms with Crippen LogP contribution in [0.15, 0.2) is 0 Å². The average molecular weight is 249 g/mol. The third-order valence-corrected chi connectivity index (χ3v) is 4.12. The normalized spacial score (nSPS) is 21.6. The zero-order valence-electron chi connectivity index (χ0n) is 11.4. The smallest absolute Gasteiger partial charge is 0.150 e. The number of anilines is 2. The number of nitrogens with zero attached hydrogens (tertiary/aromatic N) is 4. The van der Waals surface area contributed by atoms with Crippen molar-refractivity contribution in [1.82, 2.24) is 14.7 Å². The third-order valence-electron chi connectivity index (χ3n) is 4.12. The first-order valence-corrected chi connectivity index (χ1v) is 7.02. The van der Waals surface area contributed by atoms with Crippen molar-refractivity contribution in [1.29, 1.82) is 0 Å². The van der Waals surface area contributed by atoms with E-state index in [0.29, 0.717) is 0 Å². The minimum absolute atomic E-state index is 0.858. The van der Waals surface area contributed by atoms with Gasteiger partial charge in [-0.15, -0.1) is 0 Å². The molecule has 5 nitrogen and oxygen atoms in total. The van der Waals surface area contributed by atoms with Gasteiger partial charge in [-0.2, -0.15) is 5.10 Å². The Kier molecular flexibility index (Phi) is 2.93. The minimum Gasteiger partial charge on any atom is -0.394 e. The first kappa shape index (κ1) is 11.8. The van der Waals surface area contributed by atoms with Gasteiger partial charge in [-0.25, -0.2) is 4.68 Å². The summed E-state index contributed by atoms with van der Waals surface area (Å²) in [5, 5.41) is 4.51. The van der Waals surface area contributed by atoms with Crippen LogP contribution >= 0.6 is 0 Å². The lowest BCUT2D eigenvalue weighted by atomic mass is 10.3. The fourth-order valence-electron chi connectivity index (χ4n) is 2.88. The van der Waals surface area contributed by atoms with Crippen LogP contribution in [-0.4, -0.2) is 46.9 Å². The number of nitrogens with two attached hydrogens (primary N) is 1. The standard InChI is InChI=1S/C13H23N5/c1-3-18-13(12(14)10(2)15-18)17-8-6-16(7-9-17)11-4-5-11/h11H,3-9,14H2,1-2H3. The SMILES string of the molecule is CCn1nc(C)c(N)c1N1CCN(C2CC2)CC1. The van der Waals surface area contributed by atoms with Crippen LogP contribution in [0.4, 0.5) is 11.5 Å². The molecule has 1 saturated carbocycles. The molecule has 1 aliphatic carbocycles. The van der Waals surface area contributed by atoms with Gasteiger partial charge >= 0.3 is 0 Å². The second kappa shape index (κ2) is 4.46. The second-order valence-electron chi connectivity index (χ2n) is 5.39. The van der Waals surface area contributed by atoms with Crippen molar-refractivity contribution in [3.8, 4) is 0 Å². The molecule has 2 fully saturated rings. The summed E-state index contributed by atoms with van der Waals surface area (Å²) in [4.78, 5) is 5.02. The number of piperazine rings is 1. The van der Waals surface area contributed by atoms with Crippen molar-refractivity contribution in [3.05, 3.63) is 5.69 Å². The van der Waals surface area contributed by atoms with Gasteiger partial charge < -0.3 is 10.6 Å². The zero-order chi connectivity index (χ0) is 12.7. The molecule has 0 radical (unpaired) electrons. The van der Waals surface area contributed by atoms with Crippen LogP contribution in [0.2, 0.25) is 0 Å². The number of hydrogen-bond acceptors (Lipinski definition) is 4. The summed E-state index contributed by atoms with van der Waals surface area (Å²) in [7, 11) is 0. The molecule has 0 bridgehead atoms. The molecule has 100 valence electrons. The van der Waals surface area contributed by atoms with E-state index in [-0.39, 0.29) is 0 Å². The van der Waals surface area contributed by atoms with Gasteiger partial charge in [0.05, 0.1) is 11.4 Å². The maximum atomic E-state index is 6.18. The predicted octanol–water partition coefficient (Wildman–Crippen LogP) is 1.08. The van der Waals surface area contributed by atoms with E-state index in [2.05, 4.69) is 21.8 Å². The van der Waals surface area contributed by atoms with E-state index in [1.807, 2.05) is 11.6 Å². The number of hydrogen-bond donors (Lipinski definition) is 1. The topological polar surface area (TPSA) is 50.3 Å². The summed E-state index contributed by atoms with van der Waals surface area (Å²) < 4.78 is 2.04. The first-order chi connectivity index (χ1) is 8.70. The van der Waals surface area contributed by atoms with E-state index in [1.54, 1.807) is 0 Å². The summed E-state index contributed by atoms with van der Waals surface area (Å²) in [6.07, 6.45) is 2.79. The number of aryl methyl sites for hydroxylation is 2. The van der Waals surface area contributed by atoms with Crippen LogP contribution in [0.1, 0.15) is 25.5 Å². The Bertz CT molecular complexity index is 427. The molecule has 2 aliphatic rings. The first-order valence-electron chi connectivity index (χ1n) is 7.02. The Labute approximate surface area is 109 Å². The quantitative estimate of drug-likeness (QED) is 0.871. The molecule has 0 spiro atoms. The van der Waals surface area contributed by atoms with Crippen molar-refractivity contribution in [3.63, 3.8) is 0 Å². The maximum Gasteiger partial charge on any atom is 0.150 e. The Hall–Kier alpha value is -1.23. The molecule has 5 heteroatoms.